The third-order valence-corrected chi connectivity index (χ3v) is 4.36. The number of benzene rings is 1. The fourth-order valence-electron chi connectivity index (χ4n) is 2.75. The van der Waals surface area contributed by atoms with Crippen LogP contribution in [0.5, 0.6) is 0 Å². The monoisotopic (exact) mass is 261 g/mol. The average molecular weight is 261 g/mol. The normalized spacial score (nSPS) is 17.5. The summed E-state index contributed by atoms with van der Waals surface area (Å²) in [5, 5.41) is 2.92. The molecule has 0 atom stereocenters. The van der Waals surface area contributed by atoms with Gasteiger partial charge in [-0.1, -0.05) is 19.9 Å². The molecule has 4 heteroatoms. The topological polar surface area (TPSA) is 58.4 Å². The highest BCUT2D eigenvalue weighted by Crippen LogP contribution is 2.37. The lowest BCUT2D eigenvalue weighted by Gasteiger charge is -2.26. The molecule has 0 unspecified atom stereocenters. The fraction of sp³-hybridized carbons (Fsp3) is 0.533. The van der Waals surface area contributed by atoms with Gasteiger partial charge in [0, 0.05) is 24.5 Å². The smallest absolute Gasteiger partial charge is 0.321 e. The van der Waals surface area contributed by atoms with Crippen molar-refractivity contribution in [2.45, 2.75) is 33.1 Å². The fourth-order valence-corrected chi connectivity index (χ4v) is 2.75. The van der Waals surface area contributed by atoms with Gasteiger partial charge in [0.1, 0.15) is 0 Å². The van der Waals surface area contributed by atoms with Crippen molar-refractivity contribution >= 4 is 17.4 Å². The van der Waals surface area contributed by atoms with Crippen LogP contribution in [0, 0.1) is 5.41 Å². The maximum absolute atomic E-state index is 12.2. The van der Waals surface area contributed by atoms with Crippen molar-refractivity contribution in [3.63, 3.8) is 0 Å². The largest absolute Gasteiger partial charge is 0.399 e. The zero-order valence-corrected chi connectivity index (χ0v) is 11.8. The Hall–Kier alpha value is -1.71. The first-order valence-electron chi connectivity index (χ1n) is 7.00. The van der Waals surface area contributed by atoms with Crippen molar-refractivity contribution in [3.05, 3.63) is 24.3 Å². The van der Waals surface area contributed by atoms with Crippen molar-refractivity contribution in [1.82, 2.24) is 4.90 Å². The van der Waals surface area contributed by atoms with E-state index in [0.717, 1.165) is 38.0 Å². The van der Waals surface area contributed by atoms with Gasteiger partial charge in [0.15, 0.2) is 0 Å². The molecule has 0 aromatic heterocycles. The third kappa shape index (κ3) is 3.00. The van der Waals surface area contributed by atoms with Crippen LogP contribution in [0.3, 0.4) is 0 Å². The molecule has 1 aliphatic rings. The molecule has 1 aromatic carbocycles. The summed E-state index contributed by atoms with van der Waals surface area (Å²) in [6.07, 6.45) is 3.36. The minimum Gasteiger partial charge on any atom is -0.399 e. The summed E-state index contributed by atoms with van der Waals surface area (Å²) in [6, 6.07) is 7.27. The van der Waals surface area contributed by atoms with Crippen molar-refractivity contribution in [2.75, 3.05) is 24.1 Å². The Morgan fingerprint density at radius 3 is 2.74 bits per heavy atom. The number of anilines is 2. The van der Waals surface area contributed by atoms with Crippen LogP contribution in [0.2, 0.25) is 0 Å². The molecule has 19 heavy (non-hydrogen) atoms. The van der Waals surface area contributed by atoms with Crippen LogP contribution >= 0.6 is 0 Å². The molecule has 1 saturated heterocycles. The van der Waals surface area contributed by atoms with Crippen LogP contribution in [-0.4, -0.2) is 24.0 Å². The number of nitrogens with one attached hydrogen (secondary N) is 1. The van der Waals surface area contributed by atoms with Crippen molar-refractivity contribution in [3.8, 4) is 0 Å². The summed E-state index contributed by atoms with van der Waals surface area (Å²) in [6.45, 7) is 6.12. The molecule has 3 N–H and O–H groups in total. The van der Waals surface area contributed by atoms with Gasteiger partial charge in [0.2, 0.25) is 0 Å². The number of carbonyl (C=O) groups excluding carboxylic acids is 1. The SMILES string of the molecule is CCC1(CC)CCN(C(=O)Nc2cccc(N)c2)C1. The van der Waals surface area contributed by atoms with E-state index in [-0.39, 0.29) is 6.03 Å². The predicted molar refractivity (Wildman–Crippen MR) is 79.1 cm³/mol. The first kappa shape index (κ1) is 13.7. The second-order valence-corrected chi connectivity index (χ2v) is 5.43. The third-order valence-electron chi connectivity index (χ3n) is 4.36. The molecule has 1 heterocycles. The van der Waals surface area contributed by atoms with E-state index < -0.39 is 0 Å². The van der Waals surface area contributed by atoms with Gasteiger partial charge in [-0.05, 0) is 42.9 Å². The zero-order chi connectivity index (χ0) is 13.9. The van der Waals surface area contributed by atoms with Crippen LogP contribution in [0.25, 0.3) is 0 Å². The number of hydrogen-bond acceptors (Lipinski definition) is 2. The van der Waals surface area contributed by atoms with Crippen LogP contribution in [0.15, 0.2) is 24.3 Å². The Bertz CT molecular complexity index is 454. The van der Waals surface area contributed by atoms with Crippen LogP contribution in [0.1, 0.15) is 33.1 Å². The quantitative estimate of drug-likeness (QED) is 0.820. The lowest BCUT2D eigenvalue weighted by molar-refractivity contribution is 0.209. The van der Waals surface area contributed by atoms with E-state index in [4.69, 9.17) is 5.73 Å². The molecule has 1 aromatic rings. The lowest BCUT2D eigenvalue weighted by atomic mass is 9.82. The zero-order valence-electron chi connectivity index (χ0n) is 11.8. The summed E-state index contributed by atoms with van der Waals surface area (Å²) >= 11 is 0. The highest BCUT2D eigenvalue weighted by Gasteiger charge is 2.36. The summed E-state index contributed by atoms with van der Waals surface area (Å²) in [4.78, 5) is 14.1. The maximum Gasteiger partial charge on any atom is 0.321 e. The summed E-state index contributed by atoms with van der Waals surface area (Å²) in [5.74, 6) is 0. The standard InChI is InChI=1S/C15H23N3O/c1-3-15(4-2)8-9-18(11-15)14(19)17-13-7-5-6-12(16)10-13/h5-7,10H,3-4,8-9,11,16H2,1-2H3,(H,17,19). The van der Waals surface area contributed by atoms with E-state index in [1.807, 2.05) is 23.1 Å². The molecule has 4 nitrogen and oxygen atoms in total. The molecular weight excluding hydrogens is 238 g/mol. The molecule has 2 rings (SSSR count). The number of nitrogens with zero attached hydrogens (tertiary/aromatic N) is 1. The number of hydrogen-bond donors (Lipinski definition) is 2. The van der Waals surface area contributed by atoms with Crippen molar-refractivity contribution < 1.29 is 4.79 Å². The maximum atomic E-state index is 12.2. The van der Waals surface area contributed by atoms with Crippen LogP contribution in [-0.2, 0) is 0 Å². The average Bonchev–Trinajstić information content (AvgIpc) is 2.84. The number of amides is 2. The van der Waals surface area contributed by atoms with E-state index in [0.29, 0.717) is 11.1 Å². The first-order chi connectivity index (χ1) is 9.08. The summed E-state index contributed by atoms with van der Waals surface area (Å²) in [7, 11) is 0. The van der Waals surface area contributed by atoms with E-state index in [1.165, 1.54) is 0 Å². The van der Waals surface area contributed by atoms with Crippen molar-refractivity contribution in [2.24, 2.45) is 5.41 Å². The molecule has 0 saturated carbocycles. The Balaban J connectivity index is 1.98. The number of nitrogens with two attached hydrogens (primary N) is 1. The van der Waals surface area contributed by atoms with Gasteiger partial charge in [0.05, 0.1) is 0 Å². The van der Waals surface area contributed by atoms with Crippen LogP contribution in [0.4, 0.5) is 16.2 Å². The lowest BCUT2D eigenvalue weighted by Crippen LogP contribution is -2.35. The highest BCUT2D eigenvalue weighted by molar-refractivity contribution is 5.90. The van der Waals surface area contributed by atoms with Gasteiger partial charge in [-0.2, -0.15) is 0 Å². The summed E-state index contributed by atoms with van der Waals surface area (Å²) < 4.78 is 0. The second kappa shape index (κ2) is 5.51. The Labute approximate surface area is 115 Å². The highest BCUT2D eigenvalue weighted by atomic mass is 16.2. The van der Waals surface area contributed by atoms with E-state index in [9.17, 15) is 4.79 Å². The van der Waals surface area contributed by atoms with Gasteiger partial charge < -0.3 is 16.0 Å². The van der Waals surface area contributed by atoms with Gasteiger partial charge in [0.25, 0.3) is 0 Å². The van der Waals surface area contributed by atoms with Gasteiger partial charge in [-0.25, -0.2) is 4.79 Å². The number of nitrogen functional groups attached to an aromatic ring is 1. The van der Waals surface area contributed by atoms with Gasteiger partial charge in [-0.3, -0.25) is 0 Å². The van der Waals surface area contributed by atoms with E-state index >= 15 is 0 Å². The molecular formula is C15H23N3O. The number of likely N-dealkylation sites (tertiary alicyclic amines) is 1. The first-order valence-corrected chi connectivity index (χ1v) is 7.00. The number of carbonyl (C=O) groups is 1. The van der Waals surface area contributed by atoms with E-state index in [2.05, 4.69) is 19.2 Å². The molecule has 2 amide bonds. The Morgan fingerprint density at radius 2 is 2.16 bits per heavy atom. The molecule has 0 aliphatic carbocycles. The summed E-state index contributed by atoms with van der Waals surface area (Å²) in [5.41, 5.74) is 7.44. The van der Waals surface area contributed by atoms with Crippen molar-refractivity contribution in [1.29, 1.82) is 0 Å². The predicted octanol–water partition coefficient (Wildman–Crippen LogP) is 3.31. The molecule has 104 valence electrons. The van der Waals surface area contributed by atoms with Crippen LogP contribution < -0.4 is 11.1 Å². The number of rotatable bonds is 3. The molecule has 1 aliphatic heterocycles. The molecule has 1 fully saturated rings. The molecule has 0 radical (unpaired) electrons. The van der Waals surface area contributed by atoms with Gasteiger partial charge in [-0.15, -0.1) is 0 Å². The Kier molecular flexibility index (Phi) is 3.98. The molecule has 0 spiro atoms. The Morgan fingerprint density at radius 1 is 1.42 bits per heavy atom. The molecule has 0 bridgehead atoms. The number of urea groups is 1. The van der Waals surface area contributed by atoms with Gasteiger partial charge >= 0.3 is 6.03 Å². The second-order valence-electron chi connectivity index (χ2n) is 5.43. The minimum absolute atomic E-state index is 0.0191. The minimum atomic E-state index is -0.0191. The van der Waals surface area contributed by atoms with E-state index in [1.54, 1.807) is 6.07 Å².